The minimum atomic E-state index is -0.714. The van der Waals surface area contributed by atoms with E-state index in [-0.39, 0.29) is 36.0 Å². The zero-order valence-electron chi connectivity index (χ0n) is 17.4. The van der Waals surface area contributed by atoms with Crippen molar-refractivity contribution in [1.29, 1.82) is 5.26 Å². The fourth-order valence-corrected chi connectivity index (χ4v) is 5.95. The van der Waals surface area contributed by atoms with Gasteiger partial charge in [-0.2, -0.15) is 5.26 Å². The Hall–Kier alpha value is -2.94. The Morgan fingerprint density at radius 1 is 1.35 bits per heavy atom. The number of piperazine rings is 1. The second kappa shape index (κ2) is 7.64. The molecule has 2 amide bonds. The first-order valence-electron chi connectivity index (χ1n) is 11.0. The lowest BCUT2D eigenvalue weighted by molar-refractivity contribution is -0.141. The van der Waals surface area contributed by atoms with E-state index < -0.39 is 6.04 Å². The number of amides is 2. The maximum Gasteiger partial charge on any atom is 0.241 e. The number of likely N-dealkylation sites (tertiary alicyclic amines) is 3. The smallest absolute Gasteiger partial charge is 0.241 e. The van der Waals surface area contributed by atoms with Crippen molar-refractivity contribution in [1.82, 2.24) is 14.7 Å². The molecule has 1 aromatic rings. The van der Waals surface area contributed by atoms with Crippen LogP contribution in [-0.4, -0.2) is 70.3 Å². The van der Waals surface area contributed by atoms with Crippen molar-refractivity contribution < 1.29 is 9.59 Å². The van der Waals surface area contributed by atoms with Gasteiger partial charge in [0.1, 0.15) is 6.04 Å². The maximum absolute atomic E-state index is 13.3. The standard InChI is InChI=1S/C23H26N6O2/c1-26-15-5-6-18-14(9-15)4-7-20(18)29-17-10-21(23(29)31)27(12-17)13-19(25)22(30)28-8-2-3-16(28)11-24/h5-6,9,16-17,19-21H,2-4,7-8,10,12-13,25H2/t16-,17-,19-,20+,21-/m0/s1. The zero-order chi connectivity index (χ0) is 21.7. The molecular weight excluding hydrogens is 392 g/mol. The van der Waals surface area contributed by atoms with Crippen molar-refractivity contribution in [2.24, 2.45) is 5.73 Å². The molecule has 5 rings (SSSR count). The van der Waals surface area contributed by atoms with Crippen LogP contribution in [0.25, 0.3) is 4.85 Å². The van der Waals surface area contributed by atoms with E-state index >= 15 is 0 Å². The van der Waals surface area contributed by atoms with Crippen molar-refractivity contribution in [2.75, 3.05) is 19.6 Å². The van der Waals surface area contributed by atoms with Gasteiger partial charge in [0.05, 0.1) is 30.8 Å². The predicted molar refractivity (Wildman–Crippen MR) is 113 cm³/mol. The number of nitrogens with zero attached hydrogens (tertiary/aromatic N) is 5. The number of nitriles is 1. The molecule has 160 valence electrons. The summed E-state index contributed by atoms with van der Waals surface area (Å²) in [7, 11) is 0. The molecule has 3 aliphatic heterocycles. The number of aryl methyl sites for hydroxylation is 1. The quantitative estimate of drug-likeness (QED) is 0.745. The average molecular weight is 419 g/mol. The van der Waals surface area contributed by atoms with Gasteiger partial charge in [0, 0.05) is 25.7 Å². The summed E-state index contributed by atoms with van der Waals surface area (Å²) in [6, 6.07) is 6.89. The number of fused-ring (bicyclic) bond motifs is 3. The second-order valence-electron chi connectivity index (χ2n) is 9.08. The zero-order valence-corrected chi connectivity index (χ0v) is 17.4. The number of rotatable bonds is 4. The average Bonchev–Trinajstić information content (AvgIpc) is 3.55. The van der Waals surface area contributed by atoms with E-state index in [0.717, 1.165) is 32.2 Å². The van der Waals surface area contributed by atoms with E-state index in [9.17, 15) is 14.9 Å². The van der Waals surface area contributed by atoms with E-state index in [0.29, 0.717) is 25.2 Å². The van der Waals surface area contributed by atoms with E-state index in [1.165, 1.54) is 11.1 Å². The summed E-state index contributed by atoms with van der Waals surface area (Å²) in [5.74, 6) is -0.0597. The first-order valence-corrected chi connectivity index (χ1v) is 11.0. The van der Waals surface area contributed by atoms with Crippen LogP contribution in [0.15, 0.2) is 18.2 Å². The summed E-state index contributed by atoms with van der Waals surface area (Å²) in [5.41, 5.74) is 9.22. The van der Waals surface area contributed by atoms with E-state index in [1.54, 1.807) is 4.90 Å². The molecule has 8 nitrogen and oxygen atoms in total. The Morgan fingerprint density at radius 3 is 2.94 bits per heavy atom. The normalized spacial score (nSPS) is 30.4. The van der Waals surface area contributed by atoms with Gasteiger partial charge in [-0.15, -0.1) is 0 Å². The molecule has 0 saturated carbocycles. The van der Waals surface area contributed by atoms with E-state index in [1.807, 2.05) is 23.1 Å². The Kier molecular flexibility index (Phi) is 4.92. The minimum Gasteiger partial charge on any atom is -0.330 e. The highest BCUT2D eigenvalue weighted by molar-refractivity contribution is 5.87. The van der Waals surface area contributed by atoms with Gasteiger partial charge in [-0.05, 0) is 37.7 Å². The van der Waals surface area contributed by atoms with Crippen LogP contribution >= 0.6 is 0 Å². The number of nitrogens with two attached hydrogens (primary N) is 1. The van der Waals surface area contributed by atoms with Crippen molar-refractivity contribution in [3.63, 3.8) is 0 Å². The summed E-state index contributed by atoms with van der Waals surface area (Å²) in [6.45, 7) is 8.87. The largest absolute Gasteiger partial charge is 0.330 e. The third kappa shape index (κ3) is 3.18. The molecule has 1 aromatic carbocycles. The molecule has 0 spiro atoms. The predicted octanol–water partition coefficient (Wildman–Crippen LogP) is 1.35. The molecule has 3 saturated heterocycles. The van der Waals surface area contributed by atoms with Gasteiger partial charge in [0.15, 0.2) is 5.69 Å². The van der Waals surface area contributed by atoms with Crippen molar-refractivity contribution in [3.8, 4) is 6.07 Å². The second-order valence-corrected chi connectivity index (χ2v) is 9.08. The molecule has 31 heavy (non-hydrogen) atoms. The van der Waals surface area contributed by atoms with Crippen molar-refractivity contribution >= 4 is 17.5 Å². The fourth-order valence-electron chi connectivity index (χ4n) is 5.95. The number of hydrogen-bond donors (Lipinski definition) is 1. The molecule has 0 aromatic heterocycles. The Morgan fingerprint density at radius 2 is 2.19 bits per heavy atom. The number of carbonyl (C=O) groups is 2. The van der Waals surface area contributed by atoms with E-state index in [4.69, 9.17) is 12.3 Å². The third-order valence-electron chi connectivity index (χ3n) is 7.39. The van der Waals surface area contributed by atoms with Crippen LogP contribution in [0.1, 0.15) is 42.9 Å². The molecule has 5 atom stereocenters. The Labute approximate surface area is 182 Å². The first-order chi connectivity index (χ1) is 15.0. The van der Waals surface area contributed by atoms with Crippen LogP contribution in [0.2, 0.25) is 0 Å². The molecule has 2 bridgehead atoms. The van der Waals surface area contributed by atoms with Crippen molar-refractivity contribution in [3.05, 3.63) is 40.7 Å². The highest BCUT2D eigenvalue weighted by atomic mass is 16.2. The SMILES string of the molecule is [C-]#[N+]c1ccc2c(c1)CC[C@H]2N1C(=O)[C@@H]2C[C@H]1CN2C[C@H](N)C(=O)N1CCC[C@H]1C#N. The highest BCUT2D eigenvalue weighted by Gasteiger charge is 2.53. The van der Waals surface area contributed by atoms with Crippen LogP contribution < -0.4 is 5.73 Å². The van der Waals surface area contributed by atoms with Crippen LogP contribution in [-0.2, 0) is 16.0 Å². The molecule has 0 radical (unpaired) electrons. The molecule has 3 heterocycles. The monoisotopic (exact) mass is 418 g/mol. The van der Waals surface area contributed by atoms with Crippen LogP contribution in [0.5, 0.6) is 0 Å². The fraction of sp³-hybridized carbons (Fsp3) is 0.565. The van der Waals surface area contributed by atoms with Gasteiger partial charge in [0.2, 0.25) is 11.8 Å². The molecule has 2 N–H and O–H groups in total. The lowest BCUT2D eigenvalue weighted by atomic mass is 10.0. The lowest BCUT2D eigenvalue weighted by Gasteiger charge is -2.38. The van der Waals surface area contributed by atoms with Gasteiger partial charge >= 0.3 is 0 Å². The molecule has 8 heteroatoms. The summed E-state index contributed by atoms with van der Waals surface area (Å²) in [4.78, 5) is 35.2. The summed E-state index contributed by atoms with van der Waals surface area (Å²) in [5, 5.41) is 9.24. The van der Waals surface area contributed by atoms with Crippen LogP contribution in [0, 0.1) is 17.9 Å². The number of hydrogen-bond acceptors (Lipinski definition) is 5. The van der Waals surface area contributed by atoms with Gasteiger partial charge in [0.25, 0.3) is 0 Å². The minimum absolute atomic E-state index is 0.0794. The van der Waals surface area contributed by atoms with Gasteiger partial charge in [-0.3, -0.25) is 14.5 Å². The van der Waals surface area contributed by atoms with Crippen LogP contribution in [0.3, 0.4) is 0 Å². The Balaban J connectivity index is 1.25. The topological polar surface area (TPSA) is 98.0 Å². The van der Waals surface area contributed by atoms with Gasteiger partial charge < -0.3 is 15.5 Å². The highest BCUT2D eigenvalue weighted by Crippen LogP contribution is 2.44. The lowest BCUT2D eigenvalue weighted by Crippen LogP contribution is -2.56. The maximum atomic E-state index is 13.3. The molecule has 4 aliphatic rings. The molecular formula is C23H26N6O2. The summed E-state index contributed by atoms with van der Waals surface area (Å²) < 4.78 is 0. The summed E-state index contributed by atoms with van der Waals surface area (Å²) >= 11 is 0. The van der Waals surface area contributed by atoms with Crippen molar-refractivity contribution in [2.45, 2.75) is 62.3 Å². The first kappa shape index (κ1) is 20.0. The van der Waals surface area contributed by atoms with Crippen LogP contribution in [0.4, 0.5) is 5.69 Å². The van der Waals surface area contributed by atoms with E-state index in [2.05, 4.69) is 15.8 Å². The Bertz CT molecular complexity index is 1010. The number of benzene rings is 1. The summed E-state index contributed by atoms with van der Waals surface area (Å²) in [6.07, 6.45) is 4.10. The molecule has 1 aliphatic carbocycles. The number of carbonyl (C=O) groups excluding carboxylic acids is 2. The molecule has 0 unspecified atom stereocenters. The molecule has 3 fully saturated rings. The third-order valence-corrected chi connectivity index (χ3v) is 7.39. The van der Waals surface area contributed by atoms with Gasteiger partial charge in [-0.1, -0.05) is 23.8 Å². The van der Waals surface area contributed by atoms with Gasteiger partial charge in [-0.25, -0.2) is 4.85 Å².